The summed E-state index contributed by atoms with van der Waals surface area (Å²) in [6.45, 7) is 0. The van der Waals surface area contributed by atoms with E-state index in [4.69, 9.17) is 34.8 Å². The average Bonchev–Trinajstić information content (AvgIpc) is 2.70. The summed E-state index contributed by atoms with van der Waals surface area (Å²) in [7, 11) is 0. The van der Waals surface area contributed by atoms with Crippen molar-refractivity contribution in [1.82, 2.24) is 0 Å². The number of rotatable bonds is 2. The van der Waals surface area contributed by atoms with Gasteiger partial charge in [0.25, 0.3) is 0 Å². The molecule has 1 nitrogen and oxygen atoms in total. The van der Waals surface area contributed by atoms with Crippen molar-refractivity contribution in [3.63, 3.8) is 0 Å². The molecule has 1 N–H and O–H groups in total. The molecule has 1 atom stereocenters. The van der Waals surface area contributed by atoms with Crippen LogP contribution in [0.1, 0.15) is 16.5 Å². The molecule has 2 aromatic heterocycles. The van der Waals surface area contributed by atoms with Crippen LogP contribution in [0.15, 0.2) is 16.6 Å². The van der Waals surface area contributed by atoms with E-state index in [0.717, 1.165) is 9.35 Å². The smallest absolute Gasteiger partial charge is 0.116 e. The third kappa shape index (κ3) is 2.58. The first-order valence-corrected chi connectivity index (χ1v) is 7.62. The van der Waals surface area contributed by atoms with Gasteiger partial charge < -0.3 is 5.11 Å². The normalized spacial score (nSPS) is 13.1. The minimum absolute atomic E-state index is 0.498. The number of hydrogen-bond acceptors (Lipinski definition) is 3. The Kier molecular flexibility index (Phi) is 4.23. The van der Waals surface area contributed by atoms with E-state index in [2.05, 4.69) is 15.9 Å². The number of aliphatic hydroxyl groups excluding tert-OH is 1. The molecule has 0 aliphatic heterocycles. The molecule has 0 aromatic carbocycles. The van der Waals surface area contributed by atoms with Crippen LogP contribution < -0.4 is 0 Å². The third-order valence-corrected chi connectivity index (χ3v) is 5.96. The highest BCUT2D eigenvalue weighted by molar-refractivity contribution is 9.10. The number of thiophene rings is 2. The minimum atomic E-state index is -0.787. The van der Waals surface area contributed by atoms with Crippen LogP contribution in [-0.2, 0) is 0 Å². The van der Waals surface area contributed by atoms with Gasteiger partial charge in [-0.1, -0.05) is 34.8 Å². The van der Waals surface area contributed by atoms with Gasteiger partial charge in [0.2, 0.25) is 0 Å². The van der Waals surface area contributed by atoms with Crippen molar-refractivity contribution in [2.45, 2.75) is 6.10 Å². The Morgan fingerprint density at radius 1 is 1.12 bits per heavy atom. The number of hydrogen-bond donors (Lipinski definition) is 1. The number of aliphatic hydroxyl groups is 1. The summed E-state index contributed by atoms with van der Waals surface area (Å²) in [4.78, 5) is 0.730. The van der Waals surface area contributed by atoms with Crippen LogP contribution in [0.4, 0.5) is 0 Å². The standard InChI is InChI=1S/C9H4BrCl3OS2/c10-4-2-5(15-9(4)13)7(14)3-1-6(11)16-8(3)12/h1-2,7,14H. The molecule has 2 heterocycles. The highest BCUT2D eigenvalue weighted by atomic mass is 79.9. The molecule has 0 bridgehead atoms. The predicted molar refractivity (Wildman–Crippen MR) is 75.4 cm³/mol. The first kappa shape index (κ1) is 13.1. The Morgan fingerprint density at radius 3 is 2.25 bits per heavy atom. The van der Waals surface area contributed by atoms with Gasteiger partial charge in [-0.2, -0.15) is 0 Å². The van der Waals surface area contributed by atoms with E-state index >= 15 is 0 Å². The van der Waals surface area contributed by atoms with Crippen LogP contribution in [0, 0.1) is 0 Å². The maximum Gasteiger partial charge on any atom is 0.116 e. The zero-order valence-corrected chi connectivity index (χ0v) is 13.0. The van der Waals surface area contributed by atoms with Crippen LogP contribution in [0.25, 0.3) is 0 Å². The molecular weight excluding hydrogens is 374 g/mol. The van der Waals surface area contributed by atoms with Crippen molar-refractivity contribution >= 4 is 73.4 Å². The van der Waals surface area contributed by atoms with Crippen LogP contribution in [0.5, 0.6) is 0 Å². The van der Waals surface area contributed by atoms with Crippen LogP contribution in [0.3, 0.4) is 0 Å². The second-order valence-corrected chi connectivity index (χ2v) is 7.78. The van der Waals surface area contributed by atoms with E-state index in [9.17, 15) is 5.11 Å². The molecule has 0 aliphatic rings. The summed E-state index contributed by atoms with van der Waals surface area (Å²) in [6.07, 6.45) is -0.787. The lowest BCUT2D eigenvalue weighted by Gasteiger charge is -2.06. The Hall–Kier alpha value is 0.710. The lowest BCUT2D eigenvalue weighted by atomic mass is 10.2. The summed E-state index contributed by atoms with van der Waals surface area (Å²) in [5.41, 5.74) is 0.613. The van der Waals surface area contributed by atoms with Gasteiger partial charge in [0.05, 0.1) is 4.34 Å². The topological polar surface area (TPSA) is 20.2 Å². The van der Waals surface area contributed by atoms with E-state index in [1.54, 1.807) is 12.1 Å². The van der Waals surface area contributed by atoms with Crippen LogP contribution in [-0.4, -0.2) is 5.11 Å². The molecule has 0 spiro atoms. The molecule has 0 fully saturated rings. The second kappa shape index (κ2) is 5.14. The Labute approximate surface area is 124 Å². The van der Waals surface area contributed by atoms with Gasteiger partial charge in [-0.3, -0.25) is 0 Å². The molecule has 0 saturated heterocycles. The summed E-state index contributed by atoms with van der Waals surface area (Å²) >= 11 is 23.5. The Morgan fingerprint density at radius 2 is 1.81 bits per heavy atom. The highest BCUT2D eigenvalue weighted by Gasteiger charge is 2.19. The van der Waals surface area contributed by atoms with E-state index in [1.165, 1.54) is 22.7 Å². The number of halogens is 4. The van der Waals surface area contributed by atoms with E-state index < -0.39 is 6.10 Å². The molecular formula is C9H4BrCl3OS2. The zero-order chi connectivity index (χ0) is 11.9. The van der Waals surface area contributed by atoms with Crippen LogP contribution in [0.2, 0.25) is 13.0 Å². The quantitative estimate of drug-likeness (QED) is 0.720. The van der Waals surface area contributed by atoms with Gasteiger partial charge in [0, 0.05) is 14.9 Å². The van der Waals surface area contributed by atoms with Gasteiger partial charge in [-0.25, -0.2) is 0 Å². The van der Waals surface area contributed by atoms with Gasteiger partial charge in [0.1, 0.15) is 14.8 Å². The monoisotopic (exact) mass is 376 g/mol. The van der Waals surface area contributed by atoms with Crippen LogP contribution >= 0.6 is 73.4 Å². The van der Waals surface area contributed by atoms with Crippen molar-refractivity contribution < 1.29 is 5.11 Å². The van der Waals surface area contributed by atoms with Crippen molar-refractivity contribution in [1.29, 1.82) is 0 Å². The molecule has 1 unspecified atom stereocenters. The molecule has 2 rings (SSSR count). The fraction of sp³-hybridized carbons (Fsp3) is 0.111. The molecule has 7 heteroatoms. The van der Waals surface area contributed by atoms with E-state index in [-0.39, 0.29) is 0 Å². The largest absolute Gasteiger partial charge is 0.383 e. The Balaban J connectivity index is 2.38. The molecule has 86 valence electrons. The summed E-state index contributed by atoms with van der Waals surface area (Å²) in [5, 5.41) is 10.1. The van der Waals surface area contributed by atoms with Gasteiger partial charge in [0.15, 0.2) is 0 Å². The van der Waals surface area contributed by atoms with Crippen molar-refractivity contribution in [2.24, 2.45) is 0 Å². The van der Waals surface area contributed by atoms with Crippen molar-refractivity contribution in [3.05, 3.63) is 40.1 Å². The average molecular weight is 379 g/mol. The summed E-state index contributed by atoms with van der Waals surface area (Å²) < 4.78 is 2.43. The molecule has 0 radical (unpaired) electrons. The second-order valence-electron chi connectivity index (χ2n) is 2.95. The molecule has 16 heavy (non-hydrogen) atoms. The minimum Gasteiger partial charge on any atom is -0.383 e. The molecule has 0 aliphatic carbocycles. The van der Waals surface area contributed by atoms with Gasteiger partial charge in [-0.15, -0.1) is 22.7 Å². The fourth-order valence-electron chi connectivity index (χ4n) is 1.19. The van der Waals surface area contributed by atoms with Gasteiger partial charge >= 0.3 is 0 Å². The van der Waals surface area contributed by atoms with Crippen molar-refractivity contribution in [3.8, 4) is 0 Å². The predicted octanol–water partition coefficient (Wildman–Crippen LogP) is 5.61. The van der Waals surface area contributed by atoms with Gasteiger partial charge in [-0.05, 0) is 28.1 Å². The zero-order valence-electron chi connectivity index (χ0n) is 7.51. The SMILES string of the molecule is OC(c1cc(Br)c(Cl)s1)c1cc(Cl)sc1Cl. The summed E-state index contributed by atoms with van der Waals surface area (Å²) in [6, 6.07) is 3.44. The summed E-state index contributed by atoms with van der Waals surface area (Å²) in [5.74, 6) is 0. The highest BCUT2D eigenvalue weighted by Crippen LogP contribution is 2.42. The fourth-order valence-corrected chi connectivity index (χ4v) is 4.45. The molecule has 2 aromatic rings. The lowest BCUT2D eigenvalue weighted by molar-refractivity contribution is 0.225. The maximum absolute atomic E-state index is 10.1. The maximum atomic E-state index is 10.1. The first-order valence-electron chi connectivity index (χ1n) is 4.06. The first-order chi connectivity index (χ1) is 7.49. The lowest BCUT2D eigenvalue weighted by Crippen LogP contribution is -1.95. The molecule has 0 saturated carbocycles. The molecule has 0 amide bonds. The van der Waals surface area contributed by atoms with E-state index in [0.29, 0.717) is 18.6 Å². The third-order valence-electron chi connectivity index (χ3n) is 1.91. The Bertz CT molecular complexity index is 503. The van der Waals surface area contributed by atoms with Crippen molar-refractivity contribution in [2.75, 3.05) is 0 Å². The van der Waals surface area contributed by atoms with E-state index in [1.807, 2.05) is 0 Å².